The largest absolute Gasteiger partial charge is 0.457 e. The van der Waals surface area contributed by atoms with Gasteiger partial charge in [0.05, 0.1) is 16.7 Å². The number of nitro benzene ring substituents is 1. The number of ketones is 1. The van der Waals surface area contributed by atoms with Crippen molar-refractivity contribution in [1.82, 2.24) is 0 Å². The van der Waals surface area contributed by atoms with Gasteiger partial charge in [-0.25, -0.2) is 0 Å². The molecule has 0 aliphatic heterocycles. The van der Waals surface area contributed by atoms with Gasteiger partial charge in [0.1, 0.15) is 11.5 Å². The Balaban J connectivity index is 1.30. The minimum absolute atomic E-state index is 0.0298. The molecule has 0 spiro atoms. The van der Waals surface area contributed by atoms with Crippen LogP contribution < -0.4 is 16.4 Å². The van der Waals surface area contributed by atoms with Crippen molar-refractivity contribution in [3.8, 4) is 11.3 Å². The molecule has 2 amide bonds. The van der Waals surface area contributed by atoms with E-state index >= 15 is 0 Å². The molecule has 0 bridgehead atoms. The Bertz CT molecular complexity index is 1870. The fourth-order valence-corrected chi connectivity index (χ4v) is 4.54. The predicted molar refractivity (Wildman–Crippen MR) is 172 cm³/mol. The summed E-state index contributed by atoms with van der Waals surface area (Å²) < 4.78 is 5.75. The SMILES string of the molecule is N[C@@H](Cc1ccccc1)C(=O)Nc1ccc(NC(=O)/C=C/c2ccc(-c3ccc([N+](=O)[O-])cc3)o2)cc1C(=O)c1ccccc1. The smallest absolute Gasteiger partial charge is 0.269 e. The van der Waals surface area contributed by atoms with Crippen LogP contribution in [0.5, 0.6) is 0 Å². The Labute approximate surface area is 258 Å². The van der Waals surface area contributed by atoms with Gasteiger partial charge in [0.2, 0.25) is 11.8 Å². The molecule has 0 aliphatic carbocycles. The van der Waals surface area contributed by atoms with Crippen LogP contribution in [0, 0.1) is 10.1 Å². The molecular weight excluding hydrogens is 572 g/mol. The number of hydrogen-bond donors (Lipinski definition) is 3. The number of rotatable bonds is 11. The molecule has 1 heterocycles. The van der Waals surface area contributed by atoms with Crippen LogP contribution in [0.1, 0.15) is 27.2 Å². The van der Waals surface area contributed by atoms with E-state index in [1.807, 2.05) is 30.3 Å². The van der Waals surface area contributed by atoms with Gasteiger partial charge in [-0.2, -0.15) is 0 Å². The van der Waals surface area contributed by atoms with E-state index in [9.17, 15) is 24.5 Å². The van der Waals surface area contributed by atoms with Crippen molar-refractivity contribution in [1.29, 1.82) is 0 Å². The highest BCUT2D eigenvalue weighted by molar-refractivity contribution is 6.15. The van der Waals surface area contributed by atoms with Crippen molar-refractivity contribution in [2.45, 2.75) is 12.5 Å². The highest BCUT2D eigenvalue weighted by Crippen LogP contribution is 2.26. The standard InChI is InChI=1S/C35H28N4O6/c36-30(21-23-7-3-1-4-8-23)35(42)38-31-18-13-26(22-29(31)34(41)25-9-5-2-6-10-25)37-33(40)20-17-28-16-19-32(45-28)24-11-14-27(15-12-24)39(43)44/h1-20,22,30H,21,36H2,(H,37,40)(H,38,42)/b20-17+/t30-/m0/s1. The topological polar surface area (TPSA) is 158 Å². The van der Waals surface area contributed by atoms with Gasteiger partial charge >= 0.3 is 0 Å². The van der Waals surface area contributed by atoms with Gasteiger partial charge in [-0.15, -0.1) is 0 Å². The third-order valence-corrected chi connectivity index (χ3v) is 6.85. The number of hydrogen-bond acceptors (Lipinski definition) is 7. The summed E-state index contributed by atoms with van der Waals surface area (Å²) in [6.07, 6.45) is 3.07. The van der Waals surface area contributed by atoms with Crippen molar-refractivity contribution in [3.05, 3.63) is 154 Å². The first-order valence-electron chi connectivity index (χ1n) is 13.9. The minimum Gasteiger partial charge on any atom is -0.457 e. The van der Waals surface area contributed by atoms with E-state index in [0.717, 1.165) is 5.56 Å². The molecule has 0 saturated carbocycles. The summed E-state index contributed by atoms with van der Waals surface area (Å²) in [4.78, 5) is 49.6. The molecule has 4 aromatic carbocycles. The zero-order chi connectivity index (χ0) is 31.8. The highest BCUT2D eigenvalue weighted by atomic mass is 16.6. The molecule has 10 nitrogen and oxygen atoms in total. The Hall–Kier alpha value is -6.13. The van der Waals surface area contributed by atoms with Crippen molar-refractivity contribution >= 4 is 40.7 Å². The summed E-state index contributed by atoms with van der Waals surface area (Å²) >= 11 is 0. The van der Waals surface area contributed by atoms with Gasteiger partial charge in [-0.05, 0) is 60.5 Å². The average Bonchev–Trinajstić information content (AvgIpc) is 3.54. The molecule has 5 rings (SSSR count). The summed E-state index contributed by atoms with van der Waals surface area (Å²) in [5.41, 5.74) is 8.88. The van der Waals surface area contributed by atoms with Gasteiger partial charge in [0.25, 0.3) is 5.69 Å². The zero-order valence-corrected chi connectivity index (χ0v) is 23.9. The van der Waals surface area contributed by atoms with E-state index in [1.54, 1.807) is 66.7 Å². The molecule has 0 saturated heterocycles. The Morgan fingerprint density at radius 3 is 2.22 bits per heavy atom. The number of nitrogens with one attached hydrogen (secondary N) is 2. The predicted octanol–water partition coefficient (Wildman–Crippen LogP) is 6.25. The second-order valence-electron chi connectivity index (χ2n) is 10.1. The molecule has 0 unspecified atom stereocenters. The van der Waals surface area contributed by atoms with Gasteiger partial charge in [-0.3, -0.25) is 24.5 Å². The van der Waals surface area contributed by atoms with Crippen molar-refractivity contribution in [2.24, 2.45) is 5.73 Å². The summed E-state index contributed by atoms with van der Waals surface area (Å²) in [5, 5.41) is 16.4. The lowest BCUT2D eigenvalue weighted by Gasteiger charge is -2.16. The first-order valence-corrected chi connectivity index (χ1v) is 13.9. The Kier molecular flexibility index (Phi) is 9.37. The van der Waals surface area contributed by atoms with Crippen LogP contribution >= 0.6 is 0 Å². The number of nitrogens with zero attached hydrogens (tertiary/aromatic N) is 1. The maximum atomic E-state index is 13.5. The summed E-state index contributed by atoms with van der Waals surface area (Å²) in [6, 6.07) is 31.0. The van der Waals surface area contributed by atoms with Gasteiger partial charge in [0, 0.05) is 40.6 Å². The molecule has 4 N–H and O–H groups in total. The second kappa shape index (κ2) is 13.9. The molecule has 224 valence electrons. The molecule has 0 radical (unpaired) electrons. The van der Waals surface area contributed by atoms with Gasteiger partial charge < -0.3 is 20.8 Å². The highest BCUT2D eigenvalue weighted by Gasteiger charge is 2.20. The number of carbonyl (C=O) groups excluding carboxylic acids is 3. The van der Waals surface area contributed by atoms with E-state index in [0.29, 0.717) is 34.8 Å². The van der Waals surface area contributed by atoms with Crippen LogP contribution in [-0.2, 0) is 16.0 Å². The van der Waals surface area contributed by atoms with Crippen molar-refractivity contribution in [2.75, 3.05) is 10.6 Å². The first-order chi connectivity index (χ1) is 21.8. The lowest BCUT2D eigenvalue weighted by Crippen LogP contribution is -2.37. The quantitative estimate of drug-likeness (QED) is 0.0700. The van der Waals surface area contributed by atoms with Gasteiger partial charge in [-0.1, -0.05) is 60.7 Å². The molecule has 10 heteroatoms. The molecule has 45 heavy (non-hydrogen) atoms. The average molecular weight is 601 g/mol. The van der Waals surface area contributed by atoms with E-state index in [-0.39, 0.29) is 22.7 Å². The molecule has 1 atom stereocenters. The second-order valence-corrected chi connectivity index (χ2v) is 10.1. The number of anilines is 2. The molecule has 0 aliphatic rings. The van der Waals surface area contributed by atoms with E-state index < -0.39 is 22.8 Å². The Morgan fingerprint density at radius 1 is 0.844 bits per heavy atom. The minimum atomic E-state index is -0.848. The monoisotopic (exact) mass is 600 g/mol. The fraction of sp³-hybridized carbons (Fsp3) is 0.0571. The lowest BCUT2D eigenvalue weighted by molar-refractivity contribution is -0.384. The van der Waals surface area contributed by atoms with E-state index in [2.05, 4.69) is 10.6 Å². The summed E-state index contributed by atoms with van der Waals surface area (Å²) in [5.74, 6) is -0.405. The van der Waals surface area contributed by atoms with Gasteiger partial charge in [0.15, 0.2) is 5.78 Å². The summed E-state index contributed by atoms with van der Waals surface area (Å²) in [7, 11) is 0. The number of amides is 2. The number of furan rings is 1. The van der Waals surface area contributed by atoms with E-state index in [4.69, 9.17) is 10.2 Å². The maximum Gasteiger partial charge on any atom is 0.269 e. The van der Waals surface area contributed by atoms with E-state index in [1.165, 1.54) is 30.4 Å². The number of benzene rings is 4. The van der Waals surface area contributed by atoms with Crippen LogP contribution in [0.3, 0.4) is 0 Å². The number of non-ortho nitro benzene ring substituents is 1. The number of carbonyl (C=O) groups is 3. The lowest BCUT2D eigenvalue weighted by atomic mass is 10.00. The third-order valence-electron chi connectivity index (χ3n) is 6.85. The fourth-order valence-electron chi connectivity index (χ4n) is 4.54. The van der Waals surface area contributed by atoms with Crippen molar-refractivity contribution in [3.63, 3.8) is 0 Å². The molecular formula is C35H28N4O6. The summed E-state index contributed by atoms with van der Waals surface area (Å²) in [6.45, 7) is 0. The van der Waals surface area contributed by atoms with Crippen LogP contribution in [0.25, 0.3) is 17.4 Å². The number of nitro groups is 1. The first kappa shape index (κ1) is 30.3. The van der Waals surface area contributed by atoms with Crippen molar-refractivity contribution < 1.29 is 23.7 Å². The zero-order valence-electron chi connectivity index (χ0n) is 23.9. The molecule has 0 fully saturated rings. The normalized spacial score (nSPS) is 11.6. The van der Waals surface area contributed by atoms with Crippen LogP contribution in [-0.4, -0.2) is 28.6 Å². The molecule has 5 aromatic rings. The Morgan fingerprint density at radius 2 is 1.53 bits per heavy atom. The number of nitrogens with two attached hydrogens (primary N) is 1. The molecule has 1 aromatic heterocycles. The van der Waals surface area contributed by atoms with Crippen LogP contribution in [0.4, 0.5) is 17.1 Å². The van der Waals surface area contributed by atoms with Crippen LogP contribution in [0.15, 0.2) is 126 Å². The maximum absolute atomic E-state index is 13.5. The van der Waals surface area contributed by atoms with Crippen LogP contribution in [0.2, 0.25) is 0 Å². The third kappa shape index (κ3) is 7.83.